The molecule has 3 aliphatic rings. The molecule has 1 aromatic carbocycles. The Morgan fingerprint density at radius 1 is 1.17 bits per heavy atom. The fraction of sp³-hybridized carbons (Fsp3) is 0.273. The molecule has 0 atom stereocenters. The predicted octanol–water partition coefficient (Wildman–Crippen LogP) is 4.26. The van der Waals surface area contributed by atoms with Gasteiger partial charge in [0.05, 0.1) is 17.0 Å². The van der Waals surface area contributed by atoms with Crippen molar-refractivity contribution in [3.8, 4) is 0 Å². The third kappa shape index (κ3) is 3.25. The quantitative estimate of drug-likeness (QED) is 0.709. The number of benzene rings is 1. The molecule has 1 saturated heterocycles. The summed E-state index contributed by atoms with van der Waals surface area (Å²) in [6, 6.07) is 8.27. The van der Waals surface area contributed by atoms with Crippen LogP contribution in [0.4, 0.5) is 9.39 Å². The van der Waals surface area contributed by atoms with Crippen molar-refractivity contribution in [2.75, 3.05) is 31.5 Å². The molecule has 3 heterocycles. The van der Waals surface area contributed by atoms with Gasteiger partial charge in [-0.25, -0.2) is 9.38 Å². The van der Waals surface area contributed by atoms with E-state index >= 15 is 0 Å². The molecule has 1 N–H and O–H groups in total. The van der Waals surface area contributed by atoms with Gasteiger partial charge in [0.1, 0.15) is 16.7 Å². The maximum atomic E-state index is 14.1. The number of rotatable bonds is 0. The second kappa shape index (κ2) is 7.15. The number of hydrogen-bond acceptors (Lipinski definition) is 5. The fourth-order valence-electron chi connectivity index (χ4n) is 3.98. The van der Waals surface area contributed by atoms with Crippen LogP contribution in [0.15, 0.2) is 64.7 Å². The highest BCUT2D eigenvalue weighted by Crippen LogP contribution is 2.41. The van der Waals surface area contributed by atoms with E-state index in [1.165, 1.54) is 6.08 Å². The van der Waals surface area contributed by atoms with Crippen LogP contribution in [0, 0.1) is 0 Å². The topological polar surface area (TPSA) is 47.9 Å². The minimum atomic E-state index is -0.255. The van der Waals surface area contributed by atoms with Crippen LogP contribution in [0.3, 0.4) is 0 Å². The summed E-state index contributed by atoms with van der Waals surface area (Å²) >= 11 is 1.66. The summed E-state index contributed by atoms with van der Waals surface area (Å²) in [4.78, 5) is 20.9. The van der Waals surface area contributed by atoms with Gasteiger partial charge in [-0.2, -0.15) is 0 Å². The van der Waals surface area contributed by atoms with E-state index in [-0.39, 0.29) is 11.7 Å². The number of fused-ring (bicyclic) bond motifs is 4. The molecule has 0 radical (unpaired) electrons. The number of nitrogens with one attached hydrogen (secondary N) is 1. The van der Waals surface area contributed by atoms with Gasteiger partial charge in [-0.1, -0.05) is 24.3 Å². The van der Waals surface area contributed by atoms with Crippen LogP contribution in [-0.2, 0) is 4.79 Å². The standard InChI is InChI=1S/C22H21FN4OS/c1-14(28)26-9-11-27(12-10-26)21-20-16-6-2-3-8-19(16)29-22(20)25-18-13-15(23)5-4-7-17(18)24-21/h2-3,5-8,13,25H,4,9-12H2,1H3. The largest absolute Gasteiger partial charge is 0.352 e. The third-order valence-electron chi connectivity index (χ3n) is 5.50. The van der Waals surface area contributed by atoms with Crippen LogP contribution in [0.2, 0.25) is 0 Å². The number of thiophene rings is 1. The molecule has 1 aromatic heterocycles. The van der Waals surface area contributed by atoms with Gasteiger partial charge in [-0.05, 0) is 24.6 Å². The molecule has 1 fully saturated rings. The van der Waals surface area contributed by atoms with Gasteiger partial charge in [-0.3, -0.25) is 4.79 Å². The Hall–Kier alpha value is -2.93. The Bertz CT molecular complexity index is 1120. The number of allylic oxidation sites excluding steroid dienone is 4. The second-order valence-corrected chi connectivity index (χ2v) is 8.38. The summed E-state index contributed by atoms with van der Waals surface area (Å²) < 4.78 is 15.3. The van der Waals surface area contributed by atoms with Gasteiger partial charge in [-0.15, -0.1) is 11.3 Å². The van der Waals surface area contributed by atoms with E-state index in [0.717, 1.165) is 45.3 Å². The summed E-state index contributed by atoms with van der Waals surface area (Å²) in [5.74, 6) is 0.745. The summed E-state index contributed by atoms with van der Waals surface area (Å²) in [6.07, 6.45) is 5.54. The van der Waals surface area contributed by atoms with E-state index in [4.69, 9.17) is 4.99 Å². The van der Waals surface area contributed by atoms with Gasteiger partial charge >= 0.3 is 0 Å². The molecule has 1 aliphatic carbocycles. The van der Waals surface area contributed by atoms with Gasteiger partial charge in [0.15, 0.2) is 0 Å². The van der Waals surface area contributed by atoms with Gasteiger partial charge < -0.3 is 15.1 Å². The Balaban J connectivity index is 1.64. The average Bonchev–Trinajstić information content (AvgIpc) is 2.88. The zero-order valence-corrected chi connectivity index (χ0v) is 16.9. The molecule has 2 aliphatic heterocycles. The van der Waals surface area contributed by atoms with Crippen molar-refractivity contribution in [3.63, 3.8) is 0 Å². The van der Waals surface area contributed by atoms with Crippen LogP contribution in [-0.4, -0.2) is 47.7 Å². The zero-order chi connectivity index (χ0) is 20.0. The highest BCUT2D eigenvalue weighted by atomic mass is 32.1. The third-order valence-corrected chi connectivity index (χ3v) is 6.59. The number of nitrogens with zero attached hydrogens (tertiary/aromatic N) is 3. The van der Waals surface area contributed by atoms with Crippen LogP contribution in [0.25, 0.3) is 10.1 Å². The normalized spacial score (nSPS) is 19.1. The van der Waals surface area contributed by atoms with Crippen LogP contribution < -0.4 is 5.32 Å². The van der Waals surface area contributed by atoms with Crippen LogP contribution >= 0.6 is 11.3 Å². The number of aliphatic imine (C=N–C) groups is 1. The number of halogens is 1. The number of anilines is 1. The Morgan fingerprint density at radius 2 is 1.97 bits per heavy atom. The Morgan fingerprint density at radius 3 is 2.76 bits per heavy atom. The first-order valence-electron chi connectivity index (χ1n) is 9.76. The molecule has 7 heteroatoms. The van der Waals surface area contributed by atoms with E-state index in [0.29, 0.717) is 25.2 Å². The molecule has 0 bridgehead atoms. The highest BCUT2D eigenvalue weighted by molar-refractivity contribution is 7.23. The second-order valence-electron chi connectivity index (χ2n) is 7.33. The molecule has 5 rings (SSSR count). The van der Waals surface area contributed by atoms with E-state index in [1.807, 2.05) is 23.1 Å². The summed E-state index contributed by atoms with van der Waals surface area (Å²) in [5, 5.41) is 5.56. The Labute approximate surface area is 172 Å². The number of carbonyl (C=O) groups excluding carboxylic acids is 1. The lowest BCUT2D eigenvalue weighted by atomic mass is 10.1. The van der Waals surface area contributed by atoms with Gasteiger partial charge in [0.2, 0.25) is 5.91 Å². The number of amides is 1. The molecule has 0 spiro atoms. The zero-order valence-electron chi connectivity index (χ0n) is 16.1. The smallest absolute Gasteiger partial charge is 0.219 e. The van der Waals surface area contributed by atoms with Crippen molar-refractivity contribution in [2.45, 2.75) is 13.3 Å². The Kier molecular flexibility index (Phi) is 4.47. The van der Waals surface area contributed by atoms with Crippen molar-refractivity contribution in [2.24, 2.45) is 4.99 Å². The monoisotopic (exact) mass is 408 g/mol. The predicted molar refractivity (Wildman–Crippen MR) is 116 cm³/mol. The minimum Gasteiger partial charge on any atom is -0.352 e. The lowest BCUT2D eigenvalue weighted by molar-refractivity contribution is -0.130. The molecule has 5 nitrogen and oxygen atoms in total. The van der Waals surface area contributed by atoms with Crippen molar-refractivity contribution in [1.29, 1.82) is 0 Å². The van der Waals surface area contributed by atoms with Gasteiger partial charge in [0.25, 0.3) is 0 Å². The fourth-order valence-corrected chi connectivity index (χ4v) is 5.09. The number of carbonyl (C=O) groups is 1. The van der Waals surface area contributed by atoms with Crippen LogP contribution in [0.1, 0.15) is 18.9 Å². The lowest BCUT2D eigenvalue weighted by Gasteiger charge is -2.36. The first kappa shape index (κ1) is 18.1. The van der Waals surface area contributed by atoms with E-state index in [2.05, 4.69) is 22.3 Å². The first-order valence-corrected chi connectivity index (χ1v) is 10.6. The van der Waals surface area contributed by atoms with Crippen molar-refractivity contribution >= 4 is 38.2 Å². The summed E-state index contributed by atoms with van der Waals surface area (Å²) in [6.45, 7) is 4.42. The summed E-state index contributed by atoms with van der Waals surface area (Å²) in [5.41, 5.74) is 2.49. The van der Waals surface area contributed by atoms with E-state index in [1.54, 1.807) is 24.3 Å². The van der Waals surface area contributed by atoms with Crippen molar-refractivity contribution < 1.29 is 9.18 Å². The molecular weight excluding hydrogens is 387 g/mol. The highest BCUT2D eigenvalue weighted by Gasteiger charge is 2.29. The van der Waals surface area contributed by atoms with Crippen molar-refractivity contribution in [3.05, 3.63) is 65.3 Å². The van der Waals surface area contributed by atoms with Gasteiger partial charge in [0, 0.05) is 43.2 Å². The molecule has 29 heavy (non-hydrogen) atoms. The van der Waals surface area contributed by atoms with Crippen molar-refractivity contribution in [1.82, 2.24) is 9.80 Å². The number of amidine groups is 1. The SMILES string of the molecule is CC(=O)N1CCN(C2=NC3=CCC=C(F)C=C3Nc3sc4ccccc4c32)CC1. The molecule has 0 saturated carbocycles. The molecule has 0 unspecified atom stereocenters. The minimum absolute atomic E-state index is 0.106. The maximum Gasteiger partial charge on any atom is 0.219 e. The lowest BCUT2D eigenvalue weighted by Crippen LogP contribution is -2.50. The molecule has 2 aromatic rings. The number of hydrogen-bond donors (Lipinski definition) is 1. The average molecular weight is 409 g/mol. The molecule has 1 amide bonds. The van der Waals surface area contributed by atoms with E-state index < -0.39 is 0 Å². The van der Waals surface area contributed by atoms with Crippen LogP contribution in [0.5, 0.6) is 0 Å². The first-order chi connectivity index (χ1) is 14.1. The number of piperazine rings is 1. The summed E-state index contributed by atoms with van der Waals surface area (Å²) in [7, 11) is 0. The van der Waals surface area contributed by atoms with E-state index in [9.17, 15) is 9.18 Å². The molecular formula is C22H21FN4OS. The molecule has 148 valence electrons. The maximum absolute atomic E-state index is 14.1.